The highest BCUT2D eigenvalue weighted by atomic mass is 35.5. The summed E-state index contributed by atoms with van der Waals surface area (Å²) in [5, 5.41) is 12.6. The van der Waals surface area contributed by atoms with Gasteiger partial charge in [0.25, 0.3) is 0 Å². The predicted octanol–water partition coefficient (Wildman–Crippen LogP) is 3.64. The number of fused-ring (bicyclic) bond motifs is 6. The Morgan fingerprint density at radius 3 is 2.68 bits per heavy atom. The standard InChI is InChI=1S/C24H25ClN2O4/c1-23(2)8-7-19-15-10-14(6-9-24(3,4)30)18(25)11-16(15)20-12-21(28)17(22(29)31-5)13-26(20)27(19)23/h10-13,19,30H,7-8H2,1-5H3/t19-/m1/s1. The number of ether oxygens (including phenoxy) is 1. The monoisotopic (exact) mass is 440 g/mol. The van der Waals surface area contributed by atoms with Gasteiger partial charge >= 0.3 is 5.97 Å². The first kappa shape index (κ1) is 21.5. The average Bonchev–Trinajstić information content (AvgIpc) is 3.00. The summed E-state index contributed by atoms with van der Waals surface area (Å²) in [5.41, 5.74) is 1.43. The van der Waals surface area contributed by atoms with E-state index in [9.17, 15) is 14.7 Å². The maximum absolute atomic E-state index is 12.7. The molecule has 1 atom stereocenters. The lowest BCUT2D eigenvalue weighted by molar-refractivity contribution is 0.0598. The lowest BCUT2D eigenvalue weighted by atomic mass is 9.92. The van der Waals surface area contributed by atoms with E-state index in [0.717, 1.165) is 24.0 Å². The van der Waals surface area contributed by atoms with Gasteiger partial charge in [-0.05, 0) is 58.2 Å². The predicted molar refractivity (Wildman–Crippen MR) is 120 cm³/mol. The summed E-state index contributed by atoms with van der Waals surface area (Å²) in [6.07, 6.45) is 3.41. The number of esters is 1. The molecule has 0 amide bonds. The minimum Gasteiger partial charge on any atom is -0.465 e. The maximum Gasteiger partial charge on any atom is 0.343 e. The molecule has 3 heterocycles. The van der Waals surface area contributed by atoms with Crippen molar-refractivity contribution in [3.8, 4) is 23.1 Å². The van der Waals surface area contributed by atoms with Crippen LogP contribution in [-0.4, -0.2) is 34.0 Å². The molecule has 1 aromatic carbocycles. The van der Waals surface area contributed by atoms with E-state index < -0.39 is 17.0 Å². The van der Waals surface area contributed by atoms with Crippen molar-refractivity contribution in [3.05, 3.63) is 56.3 Å². The third-order valence-corrected chi connectivity index (χ3v) is 6.20. The van der Waals surface area contributed by atoms with Crippen molar-refractivity contribution in [2.24, 2.45) is 0 Å². The molecule has 6 nitrogen and oxygen atoms in total. The molecule has 0 saturated carbocycles. The van der Waals surface area contributed by atoms with Crippen LogP contribution >= 0.6 is 11.6 Å². The quantitative estimate of drug-likeness (QED) is 0.541. The molecule has 0 aliphatic carbocycles. The first-order valence-corrected chi connectivity index (χ1v) is 10.5. The molecular weight excluding hydrogens is 416 g/mol. The van der Waals surface area contributed by atoms with Crippen LogP contribution in [0.3, 0.4) is 0 Å². The highest BCUT2D eigenvalue weighted by Gasteiger charge is 2.45. The molecule has 1 saturated heterocycles. The Morgan fingerprint density at radius 2 is 2.03 bits per heavy atom. The van der Waals surface area contributed by atoms with Crippen molar-refractivity contribution in [2.75, 3.05) is 12.1 Å². The van der Waals surface area contributed by atoms with Gasteiger partial charge in [-0.25, -0.2) is 4.79 Å². The first-order chi connectivity index (χ1) is 14.4. The number of aliphatic hydroxyl groups is 1. The number of carbonyl (C=O) groups is 1. The Labute approximate surface area is 186 Å². The van der Waals surface area contributed by atoms with Gasteiger partial charge in [-0.15, -0.1) is 0 Å². The van der Waals surface area contributed by atoms with Crippen molar-refractivity contribution in [3.63, 3.8) is 0 Å². The van der Waals surface area contributed by atoms with Crippen LogP contribution in [0.1, 0.15) is 68.1 Å². The third-order valence-electron chi connectivity index (χ3n) is 5.89. The van der Waals surface area contributed by atoms with Crippen LogP contribution in [0.2, 0.25) is 5.02 Å². The molecule has 0 spiro atoms. The van der Waals surface area contributed by atoms with Crippen LogP contribution in [0, 0.1) is 11.8 Å². The van der Waals surface area contributed by atoms with Gasteiger partial charge in [0.1, 0.15) is 11.2 Å². The molecule has 2 aliphatic rings. The van der Waals surface area contributed by atoms with Gasteiger partial charge in [-0.1, -0.05) is 23.4 Å². The van der Waals surface area contributed by atoms with Crippen molar-refractivity contribution in [1.29, 1.82) is 0 Å². The number of pyridine rings is 1. The lowest BCUT2D eigenvalue weighted by Crippen LogP contribution is -2.50. The summed E-state index contributed by atoms with van der Waals surface area (Å²) in [5.74, 6) is 5.15. The molecule has 31 heavy (non-hydrogen) atoms. The van der Waals surface area contributed by atoms with Crippen LogP contribution < -0.4 is 10.4 Å². The fourth-order valence-corrected chi connectivity index (χ4v) is 4.66. The number of hydrogen-bond acceptors (Lipinski definition) is 5. The summed E-state index contributed by atoms with van der Waals surface area (Å²) in [4.78, 5) is 24.9. The van der Waals surface area contributed by atoms with Gasteiger partial charge in [0, 0.05) is 23.4 Å². The molecule has 1 N–H and O–H groups in total. The van der Waals surface area contributed by atoms with Crippen LogP contribution in [-0.2, 0) is 4.74 Å². The molecule has 0 unspecified atom stereocenters. The Bertz CT molecular complexity index is 1210. The maximum atomic E-state index is 12.7. The largest absolute Gasteiger partial charge is 0.465 e. The van der Waals surface area contributed by atoms with Crippen LogP contribution in [0.25, 0.3) is 11.3 Å². The number of methoxy groups -OCH3 is 1. The van der Waals surface area contributed by atoms with E-state index in [4.69, 9.17) is 16.3 Å². The van der Waals surface area contributed by atoms with Gasteiger partial charge in [-0.2, -0.15) is 0 Å². The minimum absolute atomic E-state index is 0.00471. The molecular formula is C24H25ClN2O4. The SMILES string of the molecule is COC(=O)c1cn2c(cc1=O)-c1cc(Cl)c(C#CC(C)(C)O)cc1[C@H]1CCC(C)(C)N12. The summed E-state index contributed by atoms with van der Waals surface area (Å²) in [7, 11) is 1.26. The van der Waals surface area contributed by atoms with Crippen LogP contribution in [0.5, 0.6) is 0 Å². The van der Waals surface area contributed by atoms with Crippen molar-refractivity contribution < 1.29 is 14.6 Å². The average molecular weight is 441 g/mol. The van der Waals surface area contributed by atoms with Crippen molar-refractivity contribution in [2.45, 2.75) is 57.7 Å². The second-order valence-electron chi connectivity index (χ2n) is 9.21. The van der Waals surface area contributed by atoms with E-state index in [2.05, 4.69) is 30.7 Å². The number of nitrogens with zero attached hydrogens (tertiary/aromatic N) is 2. The number of carbonyl (C=O) groups excluding carboxylic acids is 1. The third kappa shape index (κ3) is 3.62. The van der Waals surface area contributed by atoms with E-state index in [1.165, 1.54) is 13.2 Å². The van der Waals surface area contributed by atoms with Gasteiger partial charge in [0.15, 0.2) is 5.43 Å². The van der Waals surface area contributed by atoms with Crippen molar-refractivity contribution in [1.82, 2.24) is 4.68 Å². The molecule has 4 rings (SSSR count). The number of aromatic nitrogens is 1. The number of rotatable bonds is 1. The smallest absolute Gasteiger partial charge is 0.343 e. The first-order valence-electron chi connectivity index (χ1n) is 10.2. The number of benzene rings is 1. The normalized spacial score (nSPS) is 18.4. The highest BCUT2D eigenvalue weighted by molar-refractivity contribution is 6.32. The number of hydrogen-bond donors (Lipinski definition) is 1. The van der Waals surface area contributed by atoms with Crippen LogP contribution in [0.15, 0.2) is 29.2 Å². The zero-order valence-corrected chi connectivity index (χ0v) is 19.0. The second kappa shape index (κ2) is 7.15. The molecule has 0 radical (unpaired) electrons. The summed E-state index contributed by atoms with van der Waals surface area (Å²) >= 11 is 6.54. The molecule has 1 aromatic heterocycles. The number of halogens is 1. The molecule has 0 bridgehead atoms. The van der Waals surface area contributed by atoms with Gasteiger partial charge < -0.3 is 9.84 Å². The zero-order chi connectivity index (χ0) is 22.7. The van der Waals surface area contributed by atoms with Crippen molar-refractivity contribution >= 4 is 17.6 Å². The molecule has 2 aromatic rings. The van der Waals surface area contributed by atoms with E-state index in [0.29, 0.717) is 16.3 Å². The van der Waals surface area contributed by atoms with E-state index >= 15 is 0 Å². The Morgan fingerprint density at radius 1 is 1.32 bits per heavy atom. The van der Waals surface area contributed by atoms with Crippen LogP contribution in [0.4, 0.5) is 0 Å². The zero-order valence-electron chi connectivity index (χ0n) is 18.2. The van der Waals surface area contributed by atoms with Gasteiger partial charge in [-0.3, -0.25) is 14.5 Å². The topological polar surface area (TPSA) is 71.8 Å². The Kier molecular flexibility index (Phi) is 4.95. The Hall–Kier alpha value is -2.75. The highest BCUT2D eigenvalue weighted by Crippen LogP contribution is 2.48. The molecule has 1 fully saturated rings. The fourth-order valence-electron chi connectivity index (χ4n) is 4.45. The van der Waals surface area contributed by atoms with E-state index in [1.54, 1.807) is 20.0 Å². The summed E-state index contributed by atoms with van der Waals surface area (Å²) in [6, 6.07) is 5.27. The molecule has 2 aliphatic heterocycles. The van der Waals surface area contributed by atoms with Gasteiger partial charge in [0.2, 0.25) is 0 Å². The minimum atomic E-state index is -1.13. The lowest BCUT2D eigenvalue weighted by Gasteiger charge is -2.44. The van der Waals surface area contributed by atoms with Gasteiger partial charge in [0.05, 0.1) is 29.4 Å². The van der Waals surface area contributed by atoms with E-state index in [-0.39, 0.29) is 17.1 Å². The molecule has 7 heteroatoms. The Balaban J connectivity index is 1.99. The molecule has 162 valence electrons. The van der Waals surface area contributed by atoms with E-state index in [1.807, 2.05) is 16.8 Å². The second-order valence-corrected chi connectivity index (χ2v) is 9.62. The summed E-state index contributed by atoms with van der Waals surface area (Å²) in [6.45, 7) is 7.52. The fraction of sp³-hybridized carbons (Fsp3) is 0.417. The summed E-state index contributed by atoms with van der Waals surface area (Å²) < 4.78 is 6.70.